The predicted molar refractivity (Wildman–Crippen MR) is 30.8 cm³/mol. The van der Waals surface area contributed by atoms with E-state index in [0.717, 1.165) is 12.3 Å². The van der Waals surface area contributed by atoms with Crippen molar-refractivity contribution in [3.05, 3.63) is 0 Å². The molecular formula is C5H7ClN2. The van der Waals surface area contributed by atoms with Gasteiger partial charge in [-0.25, -0.2) is 0 Å². The number of hydrogen-bond acceptors (Lipinski definition) is 2. The zero-order chi connectivity index (χ0) is 5.61. The molecule has 0 aromatic heterocycles. The van der Waals surface area contributed by atoms with Gasteiger partial charge in [0.1, 0.15) is 0 Å². The molecule has 0 saturated heterocycles. The average molecular weight is 131 g/mol. The topological polar surface area (TPSA) is 24.7 Å². The zero-order valence-electron chi connectivity index (χ0n) is 4.47. The lowest BCUT2D eigenvalue weighted by atomic mass is 10.3. The lowest BCUT2D eigenvalue weighted by Gasteiger charge is -1.94. The van der Waals surface area contributed by atoms with Crippen molar-refractivity contribution in [1.29, 1.82) is 0 Å². The summed E-state index contributed by atoms with van der Waals surface area (Å²) < 4.78 is 0. The highest BCUT2D eigenvalue weighted by atomic mass is 35.5. The van der Waals surface area contributed by atoms with Crippen molar-refractivity contribution < 1.29 is 0 Å². The molecule has 0 aromatic carbocycles. The maximum Gasteiger partial charge on any atom is 0.263 e. The minimum atomic E-state index is -0.443. The van der Waals surface area contributed by atoms with E-state index in [0.29, 0.717) is 0 Å². The van der Waals surface area contributed by atoms with Crippen LogP contribution in [0.4, 0.5) is 0 Å². The number of alkyl halides is 1. The number of halogens is 1. The van der Waals surface area contributed by atoms with Crippen molar-refractivity contribution in [1.82, 2.24) is 0 Å². The first-order valence-electron chi connectivity index (χ1n) is 2.91. The van der Waals surface area contributed by atoms with E-state index in [1.54, 1.807) is 0 Å². The van der Waals surface area contributed by atoms with Gasteiger partial charge in [-0.2, -0.15) is 0 Å². The van der Waals surface area contributed by atoms with Gasteiger partial charge in [-0.1, -0.05) is 11.6 Å². The second-order valence-corrected chi connectivity index (χ2v) is 3.17. The minimum absolute atomic E-state index is 0.443. The molecule has 1 fully saturated rings. The second kappa shape index (κ2) is 1.24. The molecule has 0 amide bonds. The predicted octanol–water partition coefficient (Wildman–Crippen LogP) is 2.14. The Bertz CT molecular complexity index is 133. The highest BCUT2D eigenvalue weighted by Gasteiger charge is 2.42. The van der Waals surface area contributed by atoms with Crippen molar-refractivity contribution in [3.8, 4) is 0 Å². The van der Waals surface area contributed by atoms with Gasteiger partial charge in [0.15, 0.2) is 0 Å². The molecule has 2 aliphatic rings. The van der Waals surface area contributed by atoms with E-state index in [9.17, 15) is 0 Å². The summed E-state index contributed by atoms with van der Waals surface area (Å²) in [5, 5.41) is 6.97. The standard InChI is InChI=1S/C5H7ClN2/c6-5(7-8-5)3-4-1-2-4/h4H,1-3H2. The fraction of sp³-hybridized carbons (Fsp3) is 1.00. The molecule has 2 rings (SSSR count). The fourth-order valence-corrected chi connectivity index (χ4v) is 1.08. The van der Waals surface area contributed by atoms with Crippen LogP contribution in [0.2, 0.25) is 0 Å². The Morgan fingerprint density at radius 1 is 1.50 bits per heavy atom. The van der Waals surface area contributed by atoms with Crippen LogP contribution in [0.15, 0.2) is 10.2 Å². The second-order valence-electron chi connectivity index (χ2n) is 2.57. The lowest BCUT2D eigenvalue weighted by Crippen LogP contribution is -1.99. The highest BCUT2D eigenvalue weighted by molar-refractivity contribution is 6.24. The van der Waals surface area contributed by atoms with E-state index in [1.807, 2.05) is 0 Å². The summed E-state index contributed by atoms with van der Waals surface area (Å²) in [7, 11) is 0. The molecule has 1 heterocycles. The van der Waals surface area contributed by atoms with E-state index in [4.69, 9.17) is 11.6 Å². The normalized spacial score (nSPS) is 30.6. The van der Waals surface area contributed by atoms with Crippen LogP contribution in [-0.2, 0) is 0 Å². The Morgan fingerprint density at radius 3 is 2.50 bits per heavy atom. The van der Waals surface area contributed by atoms with Gasteiger partial charge in [0.25, 0.3) is 5.12 Å². The summed E-state index contributed by atoms with van der Waals surface area (Å²) in [6.07, 6.45) is 3.65. The quantitative estimate of drug-likeness (QED) is 0.404. The van der Waals surface area contributed by atoms with Gasteiger partial charge < -0.3 is 0 Å². The highest BCUT2D eigenvalue weighted by Crippen LogP contribution is 2.46. The van der Waals surface area contributed by atoms with Gasteiger partial charge in [0.2, 0.25) is 0 Å². The summed E-state index contributed by atoms with van der Waals surface area (Å²) in [6.45, 7) is 0. The smallest absolute Gasteiger partial charge is 0.141 e. The van der Waals surface area contributed by atoms with Gasteiger partial charge in [-0.05, 0) is 18.8 Å². The summed E-state index contributed by atoms with van der Waals surface area (Å²) in [4.78, 5) is 0. The van der Waals surface area contributed by atoms with Crippen LogP contribution in [0.5, 0.6) is 0 Å². The number of nitrogens with zero attached hydrogens (tertiary/aromatic N) is 2. The van der Waals surface area contributed by atoms with Gasteiger partial charge in [-0.3, -0.25) is 0 Å². The third-order valence-electron chi connectivity index (χ3n) is 1.56. The molecule has 0 N–H and O–H groups in total. The van der Waals surface area contributed by atoms with E-state index in [2.05, 4.69) is 10.2 Å². The molecular weight excluding hydrogens is 124 g/mol. The SMILES string of the molecule is ClC1(CC2CC2)N=N1. The van der Waals surface area contributed by atoms with Crippen molar-refractivity contribution in [2.24, 2.45) is 16.1 Å². The maximum absolute atomic E-state index is 5.75. The summed E-state index contributed by atoms with van der Waals surface area (Å²) in [5.41, 5.74) is 0. The van der Waals surface area contributed by atoms with Gasteiger partial charge in [-0.15, -0.1) is 10.2 Å². The molecule has 2 nitrogen and oxygen atoms in total. The van der Waals surface area contributed by atoms with Crippen molar-refractivity contribution in [2.45, 2.75) is 24.4 Å². The van der Waals surface area contributed by atoms with Crippen LogP contribution in [0.25, 0.3) is 0 Å². The first kappa shape index (κ1) is 4.74. The van der Waals surface area contributed by atoms with Crippen molar-refractivity contribution >= 4 is 11.6 Å². The lowest BCUT2D eigenvalue weighted by molar-refractivity contribution is 0.653. The third kappa shape index (κ3) is 0.848. The molecule has 0 atom stereocenters. The first-order valence-corrected chi connectivity index (χ1v) is 3.29. The maximum atomic E-state index is 5.75. The molecule has 0 spiro atoms. The molecule has 44 valence electrons. The molecule has 0 aromatic rings. The Morgan fingerprint density at radius 2 is 2.12 bits per heavy atom. The molecule has 1 aliphatic carbocycles. The molecule has 0 bridgehead atoms. The molecule has 8 heavy (non-hydrogen) atoms. The van der Waals surface area contributed by atoms with Crippen LogP contribution in [0.1, 0.15) is 19.3 Å². The monoisotopic (exact) mass is 130 g/mol. The molecule has 0 unspecified atom stereocenters. The molecule has 0 radical (unpaired) electrons. The Hall–Kier alpha value is -0.110. The summed E-state index contributed by atoms with van der Waals surface area (Å²) in [6, 6.07) is 0. The Balaban J connectivity index is 1.82. The number of hydrogen-bond donors (Lipinski definition) is 0. The van der Waals surface area contributed by atoms with E-state index < -0.39 is 5.12 Å². The van der Waals surface area contributed by atoms with Gasteiger partial charge >= 0.3 is 0 Å². The van der Waals surface area contributed by atoms with Crippen LogP contribution >= 0.6 is 11.6 Å². The Labute approximate surface area is 52.9 Å². The molecule has 3 heteroatoms. The zero-order valence-corrected chi connectivity index (χ0v) is 5.23. The third-order valence-corrected chi connectivity index (χ3v) is 1.87. The van der Waals surface area contributed by atoms with Crippen LogP contribution in [0, 0.1) is 5.92 Å². The minimum Gasteiger partial charge on any atom is -0.141 e. The van der Waals surface area contributed by atoms with Crippen LogP contribution in [-0.4, -0.2) is 5.12 Å². The number of rotatable bonds is 2. The van der Waals surface area contributed by atoms with Gasteiger partial charge in [0, 0.05) is 6.42 Å². The van der Waals surface area contributed by atoms with E-state index in [1.165, 1.54) is 12.8 Å². The summed E-state index contributed by atoms with van der Waals surface area (Å²) in [5.74, 6) is 0.836. The van der Waals surface area contributed by atoms with Gasteiger partial charge in [0.05, 0.1) is 0 Å². The van der Waals surface area contributed by atoms with Crippen LogP contribution in [0.3, 0.4) is 0 Å². The van der Waals surface area contributed by atoms with Crippen LogP contribution < -0.4 is 0 Å². The first-order chi connectivity index (χ1) is 3.79. The fourth-order valence-electron chi connectivity index (χ4n) is 0.825. The van der Waals surface area contributed by atoms with Crippen molar-refractivity contribution in [2.75, 3.05) is 0 Å². The Kier molecular flexibility index (Phi) is 0.734. The van der Waals surface area contributed by atoms with E-state index >= 15 is 0 Å². The van der Waals surface area contributed by atoms with E-state index in [-0.39, 0.29) is 0 Å². The molecule has 1 aliphatic heterocycles. The van der Waals surface area contributed by atoms with Crippen molar-refractivity contribution in [3.63, 3.8) is 0 Å². The summed E-state index contributed by atoms with van der Waals surface area (Å²) >= 11 is 5.75. The largest absolute Gasteiger partial charge is 0.263 e. The average Bonchev–Trinajstić information content (AvgIpc) is 2.49. The molecule has 1 saturated carbocycles.